The number of rotatable bonds is 6. The maximum absolute atomic E-state index is 15.3. The summed E-state index contributed by atoms with van der Waals surface area (Å²) in [6.45, 7) is 7.26. The number of nitrogens with two attached hydrogens (primary N) is 1. The number of carboxylic acids is 1. The summed E-state index contributed by atoms with van der Waals surface area (Å²) in [5, 5.41) is 9.12. The molecule has 0 aliphatic carbocycles. The number of ether oxygens (including phenoxy) is 1. The third kappa shape index (κ3) is 4.08. The summed E-state index contributed by atoms with van der Waals surface area (Å²) in [7, 11) is 0.301. The lowest BCUT2D eigenvalue weighted by atomic mass is 9.81. The van der Waals surface area contributed by atoms with Gasteiger partial charge in [-0.3, -0.25) is 4.79 Å². The van der Waals surface area contributed by atoms with Crippen LogP contribution in [-0.4, -0.2) is 42.5 Å². The van der Waals surface area contributed by atoms with Crippen LogP contribution in [0.3, 0.4) is 0 Å². The smallest absolute Gasteiger partial charge is 0.497 e. The topological polar surface area (TPSA) is 91.0 Å². The van der Waals surface area contributed by atoms with Crippen LogP contribution in [0.5, 0.6) is 5.75 Å². The molecule has 8 heteroatoms. The molecule has 0 bridgehead atoms. The van der Waals surface area contributed by atoms with E-state index in [9.17, 15) is 4.79 Å². The van der Waals surface area contributed by atoms with E-state index in [0.29, 0.717) is 11.3 Å². The minimum atomic E-state index is -1.25. The van der Waals surface area contributed by atoms with Crippen molar-refractivity contribution in [3.05, 3.63) is 35.6 Å². The fourth-order valence-corrected chi connectivity index (χ4v) is 2.54. The molecule has 26 heavy (non-hydrogen) atoms. The second-order valence-corrected chi connectivity index (χ2v) is 7.29. The van der Waals surface area contributed by atoms with E-state index in [1.807, 2.05) is 27.7 Å². The van der Waals surface area contributed by atoms with Crippen LogP contribution in [-0.2, 0) is 14.1 Å². The zero-order chi connectivity index (χ0) is 19.7. The lowest BCUT2D eigenvalue weighted by Crippen LogP contribution is -2.41. The van der Waals surface area contributed by atoms with Gasteiger partial charge in [0.2, 0.25) is 0 Å². The van der Waals surface area contributed by atoms with Crippen LogP contribution in [0.2, 0.25) is 0 Å². The zero-order valence-corrected chi connectivity index (χ0v) is 15.7. The Labute approximate surface area is 153 Å². The first-order chi connectivity index (χ1) is 12.0. The number of halogens is 1. The fraction of sp³-hybridized carbons (Fsp3) is 0.500. The van der Waals surface area contributed by atoms with Crippen molar-refractivity contribution >= 4 is 18.7 Å². The lowest BCUT2D eigenvalue weighted by Gasteiger charge is -2.32. The van der Waals surface area contributed by atoms with Gasteiger partial charge in [-0.15, -0.1) is 0 Å². The minimum absolute atomic E-state index is 0.140. The van der Waals surface area contributed by atoms with E-state index in [0.717, 1.165) is 0 Å². The van der Waals surface area contributed by atoms with E-state index < -0.39 is 36.1 Å². The van der Waals surface area contributed by atoms with Gasteiger partial charge in [0, 0.05) is 6.42 Å². The standard InChI is InChI=1S/C18H25BFNO5/c1-17(2)18(3,4)26-19(25-17)15(20)13(10-14(21)16(22)23)11-6-8-12(24-5)9-7-11/h6-9,14H,10,21H2,1-5H3,(H,22,23). The molecule has 0 amide bonds. The van der Waals surface area contributed by atoms with Crippen LogP contribution >= 0.6 is 0 Å². The third-order valence-electron chi connectivity index (χ3n) is 4.93. The van der Waals surface area contributed by atoms with Gasteiger partial charge < -0.3 is 24.9 Å². The van der Waals surface area contributed by atoms with Crippen molar-refractivity contribution in [2.45, 2.75) is 51.4 Å². The Balaban J connectivity index is 2.44. The molecule has 1 aliphatic rings. The van der Waals surface area contributed by atoms with Crippen molar-refractivity contribution in [1.29, 1.82) is 0 Å². The summed E-state index contributed by atoms with van der Waals surface area (Å²) in [4.78, 5) is 11.2. The fourth-order valence-electron chi connectivity index (χ4n) is 2.54. The lowest BCUT2D eigenvalue weighted by molar-refractivity contribution is -0.138. The molecule has 0 radical (unpaired) electrons. The van der Waals surface area contributed by atoms with Crippen LogP contribution in [0.1, 0.15) is 39.7 Å². The van der Waals surface area contributed by atoms with Gasteiger partial charge in [-0.2, -0.15) is 0 Å². The maximum atomic E-state index is 15.3. The Morgan fingerprint density at radius 1 is 1.23 bits per heavy atom. The number of carboxylic acid groups (broad SMARTS) is 1. The maximum Gasteiger partial charge on any atom is 0.525 e. The molecule has 142 valence electrons. The molecule has 1 saturated heterocycles. The molecule has 0 spiro atoms. The molecule has 1 fully saturated rings. The predicted molar refractivity (Wildman–Crippen MR) is 97.3 cm³/mol. The Kier molecular flexibility index (Phi) is 5.80. The van der Waals surface area contributed by atoms with E-state index in [4.69, 9.17) is 24.9 Å². The predicted octanol–water partition coefficient (Wildman–Crippen LogP) is 2.81. The minimum Gasteiger partial charge on any atom is -0.497 e. The van der Waals surface area contributed by atoms with Crippen LogP contribution < -0.4 is 10.5 Å². The normalized spacial score (nSPS) is 20.5. The third-order valence-corrected chi connectivity index (χ3v) is 4.93. The van der Waals surface area contributed by atoms with E-state index in [1.165, 1.54) is 7.11 Å². The number of hydrogen-bond acceptors (Lipinski definition) is 5. The summed E-state index contributed by atoms with van der Waals surface area (Å²) in [5.74, 6) is -0.607. The van der Waals surface area contributed by atoms with Gasteiger partial charge in [0.1, 0.15) is 17.5 Å². The molecule has 2 rings (SSSR count). The number of aliphatic carboxylic acids is 1. The molecular weight excluding hydrogens is 340 g/mol. The van der Waals surface area contributed by atoms with E-state index in [2.05, 4.69) is 0 Å². The first-order valence-corrected chi connectivity index (χ1v) is 8.35. The second kappa shape index (κ2) is 7.38. The van der Waals surface area contributed by atoms with Crippen LogP contribution in [0.4, 0.5) is 4.39 Å². The van der Waals surface area contributed by atoms with Crippen LogP contribution in [0.25, 0.3) is 5.57 Å². The summed E-state index contributed by atoms with van der Waals surface area (Å²) in [6.07, 6.45) is -0.197. The molecule has 0 aromatic heterocycles. The highest BCUT2D eigenvalue weighted by Gasteiger charge is 2.53. The molecule has 6 nitrogen and oxygen atoms in total. The monoisotopic (exact) mass is 365 g/mol. The van der Waals surface area contributed by atoms with Crippen LogP contribution in [0.15, 0.2) is 30.0 Å². The molecule has 1 atom stereocenters. The van der Waals surface area contributed by atoms with Crippen molar-refractivity contribution in [2.24, 2.45) is 5.73 Å². The van der Waals surface area contributed by atoms with E-state index in [-0.39, 0.29) is 12.0 Å². The average Bonchev–Trinajstić information content (AvgIpc) is 2.79. The van der Waals surface area contributed by atoms with Gasteiger partial charge >= 0.3 is 13.1 Å². The first-order valence-electron chi connectivity index (χ1n) is 8.35. The average molecular weight is 365 g/mol. The molecule has 3 N–H and O–H groups in total. The Morgan fingerprint density at radius 2 is 1.73 bits per heavy atom. The molecule has 1 heterocycles. The Hall–Kier alpha value is -1.90. The zero-order valence-electron chi connectivity index (χ0n) is 15.7. The van der Waals surface area contributed by atoms with Crippen molar-refractivity contribution in [3.63, 3.8) is 0 Å². The number of benzene rings is 1. The van der Waals surface area contributed by atoms with Crippen molar-refractivity contribution in [3.8, 4) is 5.75 Å². The van der Waals surface area contributed by atoms with Gasteiger partial charge in [-0.05, 0) is 51.0 Å². The summed E-state index contributed by atoms with van der Waals surface area (Å²) in [5.41, 5.74) is 4.18. The van der Waals surface area contributed by atoms with Gasteiger partial charge in [-0.25, -0.2) is 4.39 Å². The SMILES string of the molecule is COc1ccc(C(CC(N)C(=O)O)=C(F)B2OC(C)(C)C(C)(C)O2)cc1. The highest BCUT2D eigenvalue weighted by molar-refractivity contribution is 6.55. The molecule has 0 saturated carbocycles. The molecule has 1 aromatic carbocycles. The Bertz CT molecular complexity index is 686. The quantitative estimate of drug-likeness (QED) is 0.754. The molecule has 1 aromatic rings. The largest absolute Gasteiger partial charge is 0.525 e. The highest BCUT2D eigenvalue weighted by atomic mass is 19.1. The van der Waals surface area contributed by atoms with E-state index >= 15 is 4.39 Å². The molecular formula is C18H25BFNO5. The van der Waals surface area contributed by atoms with Crippen molar-refractivity contribution < 1.29 is 28.3 Å². The number of hydrogen-bond donors (Lipinski definition) is 2. The Morgan fingerprint density at radius 3 is 2.15 bits per heavy atom. The van der Waals surface area contributed by atoms with E-state index in [1.54, 1.807) is 24.3 Å². The summed E-state index contributed by atoms with van der Waals surface area (Å²) < 4.78 is 31.9. The summed E-state index contributed by atoms with van der Waals surface area (Å²) >= 11 is 0. The molecule has 1 aliphatic heterocycles. The number of carbonyl (C=O) groups is 1. The second-order valence-electron chi connectivity index (χ2n) is 7.29. The van der Waals surface area contributed by atoms with Crippen LogP contribution in [0, 0.1) is 0 Å². The van der Waals surface area contributed by atoms with Gasteiger partial charge in [-0.1, -0.05) is 12.1 Å². The highest BCUT2D eigenvalue weighted by Crippen LogP contribution is 2.40. The van der Waals surface area contributed by atoms with Gasteiger partial charge in [0.15, 0.2) is 0 Å². The van der Waals surface area contributed by atoms with Crippen molar-refractivity contribution in [1.82, 2.24) is 0 Å². The van der Waals surface area contributed by atoms with Gasteiger partial charge in [0.25, 0.3) is 0 Å². The van der Waals surface area contributed by atoms with Crippen molar-refractivity contribution in [2.75, 3.05) is 7.11 Å². The van der Waals surface area contributed by atoms with Gasteiger partial charge in [0.05, 0.1) is 18.3 Å². The molecule has 1 unspecified atom stereocenters. The number of methoxy groups -OCH3 is 1. The first kappa shape index (κ1) is 20.4. The summed E-state index contributed by atoms with van der Waals surface area (Å²) in [6, 6.07) is 5.37.